The predicted molar refractivity (Wildman–Crippen MR) is 112 cm³/mol. The van der Waals surface area contributed by atoms with Crippen LogP contribution in [0.15, 0.2) is 53.4 Å². The first-order chi connectivity index (χ1) is 12.7. The van der Waals surface area contributed by atoms with Gasteiger partial charge in [0.15, 0.2) is 0 Å². The molecular weight excluding hydrogens is 378 g/mol. The average molecular weight is 406 g/mol. The smallest absolute Gasteiger partial charge is 0.207 e. The Kier molecular flexibility index (Phi) is 5.99. The number of rotatable bonds is 6. The van der Waals surface area contributed by atoms with Crippen LogP contribution in [0.2, 0.25) is 5.02 Å². The maximum atomic E-state index is 13.2. The minimum absolute atomic E-state index is 0.146. The molecule has 1 unspecified atom stereocenters. The standard InChI is InChI=1S/C22H28ClNO2S/c1-17(2)12-13-22(19-6-8-20(23)9-7-19)14-15-24(16-22)27(25,26)21-10-4-18(3)5-11-21/h4-11,17H,12-16H2,1-3H3. The number of sulfonamides is 1. The highest BCUT2D eigenvalue weighted by Gasteiger charge is 2.43. The number of hydrogen-bond acceptors (Lipinski definition) is 2. The molecule has 0 bridgehead atoms. The molecule has 1 aliphatic heterocycles. The summed E-state index contributed by atoms with van der Waals surface area (Å²) in [6.07, 6.45) is 2.89. The van der Waals surface area contributed by atoms with Crippen molar-refractivity contribution in [2.75, 3.05) is 13.1 Å². The maximum Gasteiger partial charge on any atom is 0.243 e. The summed E-state index contributed by atoms with van der Waals surface area (Å²) < 4.78 is 28.0. The van der Waals surface area contributed by atoms with Gasteiger partial charge in [0, 0.05) is 23.5 Å². The topological polar surface area (TPSA) is 37.4 Å². The van der Waals surface area contributed by atoms with Gasteiger partial charge < -0.3 is 0 Å². The van der Waals surface area contributed by atoms with Crippen LogP contribution in [0.5, 0.6) is 0 Å². The molecule has 1 fully saturated rings. The van der Waals surface area contributed by atoms with Crippen LogP contribution in [0.1, 0.15) is 44.2 Å². The molecular formula is C22H28ClNO2S. The molecule has 2 aromatic rings. The predicted octanol–water partition coefficient (Wildman–Crippen LogP) is 5.42. The van der Waals surface area contributed by atoms with Gasteiger partial charge in [0.2, 0.25) is 10.0 Å². The molecule has 0 N–H and O–H groups in total. The summed E-state index contributed by atoms with van der Waals surface area (Å²) in [5.41, 5.74) is 2.10. The summed E-state index contributed by atoms with van der Waals surface area (Å²) in [4.78, 5) is 0.379. The SMILES string of the molecule is Cc1ccc(S(=O)(=O)N2CCC(CCC(C)C)(c3ccc(Cl)cc3)C2)cc1. The molecule has 1 atom stereocenters. The Morgan fingerprint density at radius 3 is 2.30 bits per heavy atom. The number of hydrogen-bond donors (Lipinski definition) is 0. The lowest BCUT2D eigenvalue weighted by Crippen LogP contribution is -2.35. The fourth-order valence-electron chi connectivity index (χ4n) is 3.85. The van der Waals surface area contributed by atoms with E-state index in [1.165, 1.54) is 5.56 Å². The van der Waals surface area contributed by atoms with Gasteiger partial charge in [0.05, 0.1) is 4.90 Å². The Balaban J connectivity index is 1.91. The van der Waals surface area contributed by atoms with Gasteiger partial charge >= 0.3 is 0 Å². The van der Waals surface area contributed by atoms with Gasteiger partial charge in [-0.25, -0.2) is 8.42 Å². The molecule has 1 aliphatic rings. The first-order valence-electron chi connectivity index (χ1n) is 9.56. The molecule has 146 valence electrons. The summed E-state index contributed by atoms with van der Waals surface area (Å²) >= 11 is 6.08. The third kappa shape index (κ3) is 4.39. The Morgan fingerprint density at radius 1 is 1.07 bits per heavy atom. The van der Waals surface area contributed by atoms with E-state index in [4.69, 9.17) is 11.6 Å². The monoisotopic (exact) mass is 405 g/mol. The Morgan fingerprint density at radius 2 is 1.70 bits per heavy atom. The van der Waals surface area contributed by atoms with E-state index in [0.717, 1.165) is 24.8 Å². The summed E-state index contributed by atoms with van der Waals surface area (Å²) in [5.74, 6) is 0.580. The minimum atomic E-state index is -3.47. The van der Waals surface area contributed by atoms with Gasteiger partial charge in [0.25, 0.3) is 0 Å². The zero-order valence-corrected chi connectivity index (χ0v) is 17.9. The van der Waals surface area contributed by atoms with Gasteiger partial charge in [-0.1, -0.05) is 61.7 Å². The lowest BCUT2D eigenvalue weighted by atomic mass is 9.75. The van der Waals surface area contributed by atoms with Crippen LogP contribution >= 0.6 is 11.6 Å². The molecule has 5 heteroatoms. The van der Waals surface area contributed by atoms with E-state index < -0.39 is 10.0 Å². The van der Waals surface area contributed by atoms with Gasteiger partial charge in [0.1, 0.15) is 0 Å². The third-order valence-electron chi connectivity index (χ3n) is 5.63. The Labute approximate surface area is 168 Å². The van der Waals surface area contributed by atoms with Crippen molar-refractivity contribution < 1.29 is 8.42 Å². The van der Waals surface area contributed by atoms with Crippen molar-refractivity contribution in [3.05, 3.63) is 64.7 Å². The molecule has 3 rings (SSSR count). The molecule has 2 aromatic carbocycles. The van der Waals surface area contributed by atoms with E-state index in [9.17, 15) is 8.42 Å². The Bertz CT molecular complexity index is 876. The lowest BCUT2D eigenvalue weighted by molar-refractivity contribution is 0.361. The fourth-order valence-corrected chi connectivity index (χ4v) is 5.50. The average Bonchev–Trinajstić information content (AvgIpc) is 3.07. The van der Waals surface area contributed by atoms with Crippen LogP contribution in [-0.4, -0.2) is 25.8 Å². The first kappa shape index (κ1) is 20.4. The number of halogens is 1. The largest absolute Gasteiger partial charge is 0.243 e. The van der Waals surface area contributed by atoms with Gasteiger partial charge in [-0.2, -0.15) is 4.31 Å². The molecule has 0 saturated carbocycles. The summed E-state index contributed by atoms with van der Waals surface area (Å²) in [5, 5.41) is 0.708. The highest BCUT2D eigenvalue weighted by molar-refractivity contribution is 7.89. The van der Waals surface area contributed by atoms with E-state index in [1.807, 2.05) is 31.2 Å². The normalized spacial score (nSPS) is 21.1. The van der Waals surface area contributed by atoms with Crippen molar-refractivity contribution in [2.24, 2.45) is 5.92 Å². The quantitative estimate of drug-likeness (QED) is 0.643. The van der Waals surface area contributed by atoms with Crippen LogP contribution in [-0.2, 0) is 15.4 Å². The second-order valence-corrected chi connectivity index (χ2v) is 10.5. The van der Waals surface area contributed by atoms with Crippen molar-refractivity contribution in [3.8, 4) is 0 Å². The van der Waals surface area contributed by atoms with Crippen molar-refractivity contribution in [2.45, 2.75) is 50.3 Å². The molecule has 0 aromatic heterocycles. The summed E-state index contributed by atoms with van der Waals surface area (Å²) in [6, 6.07) is 15.1. The van der Waals surface area contributed by atoms with E-state index in [-0.39, 0.29) is 5.41 Å². The third-order valence-corrected chi connectivity index (χ3v) is 7.75. The van der Waals surface area contributed by atoms with Crippen molar-refractivity contribution in [3.63, 3.8) is 0 Å². The summed E-state index contributed by atoms with van der Waals surface area (Å²) in [7, 11) is -3.47. The first-order valence-corrected chi connectivity index (χ1v) is 11.4. The number of nitrogens with zero attached hydrogens (tertiary/aromatic N) is 1. The molecule has 1 saturated heterocycles. The van der Waals surface area contributed by atoms with Crippen LogP contribution < -0.4 is 0 Å². The van der Waals surface area contributed by atoms with E-state index >= 15 is 0 Å². The van der Waals surface area contributed by atoms with Crippen LogP contribution in [0.25, 0.3) is 0 Å². The molecule has 1 heterocycles. The zero-order valence-electron chi connectivity index (χ0n) is 16.3. The van der Waals surface area contributed by atoms with E-state index in [2.05, 4.69) is 26.0 Å². The molecule has 0 amide bonds. The molecule has 27 heavy (non-hydrogen) atoms. The maximum absolute atomic E-state index is 13.2. The second-order valence-electron chi connectivity index (χ2n) is 8.12. The molecule has 0 aliphatic carbocycles. The molecule has 3 nitrogen and oxygen atoms in total. The lowest BCUT2D eigenvalue weighted by Gasteiger charge is -2.31. The number of aryl methyl sites for hydroxylation is 1. The van der Waals surface area contributed by atoms with Crippen molar-refractivity contribution in [1.29, 1.82) is 0 Å². The van der Waals surface area contributed by atoms with Gasteiger partial charge in [-0.3, -0.25) is 0 Å². The van der Waals surface area contributed by atoms with Crippen LogP contribution in [0.4, 0.5) is 0 Å². The fraction of sp³-hybridized carbons (Fsp3) is 0.455. The second kappa shape index (κ2) is 7.94. The molecule has 0 radical (unpaired) electrons. The summed E-state index contributed by atoms with van der Waals surface area (Å²) in [6.45, 7) is 7.47. The highest BCUT2D eigenvalue weighted by Crippen LogP contribution is 2.41. The number of benzene rings is 2. The van der Waals surface area contributed by atoms with Gasteiger partial charge in [-0.05, 0) is 55.5 Å². The minimum Gasteiger partial charge on any atom is -0.207 e. The van der Waals surface area contributed by atoms with Gasteiger partial charge in [-0.15, -0.1) is 0 Å². The van der Waals surface area contributed by atoms with E-state index in [1.54, 1.807) is 16.4 Å². The van der Waals surface area contributed by atoms with Crippen molar-refractivity contribution >= 4 is 21.6 Å². The van der Waals surface area contributed by atoms with E-state index in [0.29, 0.717) is 28.9 Å². The zero-order chi connectivity index (χ0) is 19.7. The molecule has 0 spiro atoms. The van der Waals surface area contributed by atoms with Crippen LogP contribution in [0.3, 0.4) is 0 Å². The Hall–Kier alpha value is -1.36. The highest BCUT2D eigenvalue weighted by atomic mass is 35.5. The van der Waals surface area contributed by atoms with Crippen molar-refractivity contribution in [1.82, 2.24) is 4.31 Å². The van der Waals surface area contributed by atoms with Crippen LogP contribution in [0, 0.1) is 12.8 Å².